The maximum absolute atomic E-state index is 13.2. The molecule has 140 valence electrons. The van der Waals surface area contributed by atoms with Crippen LogP contribution in [0.2, 0.25) is 0 Å². The number of aromatic hydroxyl groups is 1. The summed E-state index contributed by atoms with van der Waals surface area (Å²) in [6, 6.07) is 9.32. The minimum Gasteiger partial charge on any atom is -0.506 e. The van der Waals surface area contributed by atoms with E-state index in [2.05, 4.69) is 5.32 Å². The predicted molar refractivity (Wildman–Crippen MR) is 96.9 cm³/mol. The van der Waals surface area contributed by atoms with Crippen molar-refractivity contribution in [1.82, 2.24) is 4.31 Å². The van der Waals surface area contributed by atoms with Gasteiger partial charge in [-0.25, -0.2) is 12.8 Å². The van der Waals surface area contributed by atoms with Crippen molar-refractivity contribution in [1.29, 1.82) is 0 Å². The first-order chi connectivity index (χ1) is 12.3. The third-order valence-corrected chi connectivity index (χ3v) is 5.88. The minimum atomic E-state index is -3.72. The van der Waals surface area contributed by atoms with Gasteiger partial charge in [-0.3, -0.25) is 4.79 Å². The van der Waals surface area contributed by atoms with Crippen molar-refractivity contribution in [2.75, 3.05) is 18.4 Å². The number of carbonyl (C=O) groups excluding carboxylic acids is 1. The van der Waals surface area contributed by atoms with Gasteiger partial charge in [0.15, 0.2) is 0 Å². The fourth-order valence-corrected chi connectivity index (χ4v) is 4.00. The second kappa shape index (κ2) is 8.29. The highest BCUT2D eigenvalue weighted by Crippen LogP contribution is 2.28. The fourth-order valence-electron chi connectivity index (χ4n) is 2.52. The van der Waals surface area contributed by atoms with Crippen molar-refractivity contribution in [2.45, 2.75) is 25.2 Å². The lowest BCUT2D eigenvalue weighted by atomic mass is 10.1. The molecule has 0 bridgehead atoms. The van der Waals surface area contributed by atoms with Crippen molar-refractivity contribution >= 4 is 21.6 Å². The van der Waals surface area contributed by atoms with Crippen LogP contribution in [-0.2, 0) is 21.2 Å². The van der Waals surface area contributed by atoms with E-state index >= 15 is 0 Å². The molecule has 2 aromatic carbocycles. The zero-order valence-electron chi connectivity index (χ0n) is 14.6. The number of anilines is 1. The van der Waals surface area contributed by atoms with Crippen LogP contribution >= 0.6 is 0 Å². The monoisotopic (exact) mass is 380 g/mol. The van der Waals surface area contributed by atoms with Gasteiger partial charge in [0.2, 0.25) is 15.9 Å². The zero-order chi connectivity index (χ0) is 19.3. The predicted octanol–water partition coefficient (Wildman–Crippen LogP) is 2.74. The SMILES string of the molecule is CCN(CC)S(=O)(=O)c1ccc(O)c(NC(=O)Cc2cccc(F)c2)c1. The Bertz CT molecular complexity index is 896. The molecule has 2 N–H and O–H groups in total. The summed E-state index contributed by atoms with van der Waals surface area (Å²) in [5, 5.41) is 12.4. The van der Waals surface area contributed by atoms with E-state index in [0.29, 0.717) is 18.7 Å². The summed E-state index contributed by atoms with van der Waals surface area (Å²) >= 11 is 0. The minimum absolute atomic E-state index is 0.0142. The third-order valence-electron chi connectivity index (χ3n) is 3.84. The van der Waals surface area contributed by atoms with Gasteiger partial charge in [-0.05, 0) is 35.9 Å². The molecule has 8 heteroatoms. The molecule has 0 aliphatic heterocycles. The van der Waals surface area contributed by atoms with Gasteiger partial charge < -0.3 is 10.4 Å². The Hall–Kier alpha value is -2.45. The number of hydrogen-bond donors (Lipinski definition) is 2. The summed E-state index contributed by atoms with van der Waals surface area (Å²) in [5.41, 5.74) is 0.452. The van der Waals surface area contributed by atoms with E-state index in [1.54, 1.807) is 19.9 Å². The molecule has 0 saturated heterocycles. The molecule has 0 saturated carbocycles. The number of hydrogen-bond acceptors (Lipinski definition) is 4. The highest BCUT2D eigenvalue weighted by atomic mass is 32.2. The van der Waals surface area contributed by atoms with Crippen LogP contribution < -0.4 is 5.32 Å². The number of nitrogens with one attached hydrogen (secondary N) is 1. The van der Waals surface area contributed by atoms with Gasteiger partial charge in [0.05, 0.1) is 17.0 Å². The van der Waals surface area contributed by atoms with Crippen LogP contribution in [0, 0.1) is 5.82 Å². The van der Waals surface area contributed by atoms with Gasteiger partial charge in [-0.2, -0.15) is 4.31 Å². The molecular formula is C18H21FN2O4S. The molecule has 0 atom stereocenters. The Morgan fingerprint density at radius 3 is 2.46 bits per heavy atom. The zero-order valence-corrected chi connectivity index (χ0v) is 15.4. The quantitative estimate of drug-likeness (QED) is 0.723. The number of sulfonamides is 1. The summed E-state index contributed by atoms with van der Waals surface area (Å²) in [6.45, 7) is 4.06. The number of amides is 1. The number of carbonyl (C=O) groups is 1. The summed E-state index contributed by atoms with van der Waals surface area (Å²) in [7, 11) is -3.72. The molecule has 2 rings (SSSR count). The van der Waals surface area contributed by atoms with Gasteiger partial charge in [0.1, 0.15) is 11.6 Å². The highest BCUT2D eigenvalue weighted by molar-refractivity contribution is 7.89. The van der Waals surface area contributed by atoms with Crippen molar-refractivity contribution in [3.8, 4) is 5.75 Å². The van der Waals surface area contributed by atoms with Gasteiger partial charge in [0, 0.05) is 13.1 Å². The van der Waals surface area contributed by atoms with Crippen LogP contribution in [0.4, 0.5) is 10.1 Å². The van der Waals surface area contributed by atoms with Crippen molar-refractivity contribution < 1.29 is 22.7 Å². The van der Waals surface area contributed by atoms with Crippen LogP contribution in [0.5, 0.6) is 5.75 Å². The Labute approximate surface area is 152 Å². The van der Waals surface area contributed by atoms with Gasteiger partial charge in [-0.1, -0.05) is 26.0 Å². The maximum Gasteiger partial charge on any atom is 0.243 e. The standard InChI is InChI=1S/C18H21FN2O4S/c1-3-21(4-2)26(24,25)15-8-9-17(22)16(12-15)20-18(23)11-13-6-5-7-14(19)10-13/h5-10,12,22H,3-4,11H2,1-2H3,(H,20,23). The third kappa shape index (κ3) is 4.59. The molecule has 2 aromatic rings. The van der Waals surface area contributed by atoms with Crippen LogP contribution in [0.15, 0.2) is 47.4 Å². The topological polar surface area (TPSA) is 86.7 Å². The number of nitrogens with zero attached hydrogens (tertiary/aromatic N) is 1. The lowest BCUT2D eigenvalue weighted by molar-refractivity contribution is -0.115. The van der Waals surface area contributed by atoms with Crippen LogP contribution in [-0.4, -0.2) is 36.8 Å². The Morgan fingerprint density at radius 2 is 1.85 bits per heavy atom. The van der Waals surface area contributed by atoms with E-state index in [1.165, 1.54) is 40.7 Å². The first-order valence-corrected chi connectivity index (χ1v) is 9.59. The number of benzene rings is 2. The molecule has 0 spiro atoms. The van der Waals surface area contributed by atoms with Crippen molar-refractivity contribution in [3.05, 3.63) is 53.8 Å². The van der Waals surface area contributed by atoms with E-state index in [0.717, 1.165) is 0 Å². The van der Waals surface area contributed by atoms with E-state index in [1.807, 2.05) is 0 Å². The lowest BCUT2D eigenvalue weighted by Gasteiger charge is -2.19. The van der Waals surface area contributed by atoms with Crippen LogP contribution in [0.3, 0.4) is 0 Å². The van der Waals surface area contributed by atoms with E-state index in [4.69, 9.17) is 0 Å². The molecule has 0 heterocycles. The maximum atomic E-state index is 13.2. The number of phenols is 1. The molecule has 0 aromatic heterocycles. The average Bonchev–Trinajstić information content (AvgIpc) is 2.57. The highest BCUT2D eigenvalue weighted by Gasteiger charge is 2.23. The average molecular weight is 380 g/mol. The fraction of sp³-hybridized carbons (Fsp3) is 0.278. The molecular weight excluding hydrogens is 359 g/mol. The second-order valence-corrected chi connectivity index (χ2v) is 7.56. The van der Waals surface area contributed by atoms with Crippen LogP contribution in [0.1, 0.15) is 19.4 Å². The largest absolute Gasteiger partial charge is 0.506 e. The number of halogens is 1. The summed E-state index contributed by atoms with van der Waals surface area (Å²) in [5.74, 6) is -1.20. The smallest absolute Gasteiger partial charge is 0.243 e. The second-order valence-electron chi connectivity index (χ2n) is 5.62. The number of phenolic OH excluding ortho intramolecular Hbond substituents is 1. The Balaban J connectivity index is 2.23. The number of rotatable bonds is 7. The lowest BCUT2D eigenvalue weighted by Crippen LogP contribution is -2.30. The molecule has 1 amide bonds. The summed E-state index contributed by atoms with van der Waals surface area (Å²) < 4.78 is 39.6. The molecule has 0 unspecified atom stereocenters. The van der Waals surface area contributed by atoms with Gasteiger partial charge in [0.25, 0.3) is 0 Å². The normalized spacial score (nSPS) is 11.5. The first-order valence-electron chi connectivity index (χ1n) is 8.15. The van der Waals surface area contributed by atoms with Crippen molar-refractivity contribution in [2.24, 2.45) is 0 Å². The van der Waals surface area contributed by atoms with Gasteiger partial charge in [-0.15, -0.1) is 0 Å². The summed E-state index contributed by atoms with van der Waals surface area (Å²) in [6.07, 6.45) is -0.107. The molecule has 0 aliphatic rings. The van der Waals surface area contributed by atoms with Gasteiger partial charge >= 0.3 is 0 Å². The van der Waals surface area contributed by atoms with E-state index in [-0.39, 0.29) is 22.8 Å². The molecule has 26 heavy (non-hydrogen) atoms. The molecule has 0 fully saturated rings. The first kappa shape index (κ1) is 19.9. The Kier molecular flexibility index (Phi) is 6.33. The van der Waals surface area contributed by atoms with E-state index in [9.17, 15) is 22.7 Å². The molecule has 6 nitrogen and oxygen atoms in total. The molecule has 0 aliphatic carbocycles. The molecule has 0 radical (unpaired) electrons. The van der Waals surface area contributed by atoms with E-state index < -0.39 is 21.7 Å². The Morgan fingerprint density at radius 1 is 1.15 bits per heavy atom. The van der Waals surface area contributed by atoms with Crippen LogP contribution in [0.25, 0.3) is 0 Å². The van der Waals surface area contributed by atoms with Crippen molar-refractivity contribution in [3.63, 3.8) is 0 Å². The summed E-state index contributed by atoms with van der Waals surface area (Å²) in [4.78, 5) is 12.1.